The molecular weight excluding hydrogens is 284 g/mol. The quantitative estimate of drug-likeness (QED) is 0.730. The van der Waals surface area contributed by atoms with Crippen LogP contribution < -0.4 is 4.90 Å². The van der Waals surface area contributed by atoms with E-state index in [1.807, 2.05) is 25.3 Å². The van der Waals surface area contributed by atoms with Crippen molar-refractivity contribution in [1.29, 1.82) is 0 Å². The SMILES string of the molecule is CCN(CC)c1ncc(Sc2coc(C)c2)cc1CC=O. The molecule has 0 aliphatic carbocycles. The molecule has 0 aromatic carbocycles. The Morgan fingerprint density at radius 3 is 2.62 bits per heavy atom. The first-order valence-electron chi connectivity index (χ1n) is 7.08. The summed E-state index contributed by atoms with van der Waals surface area (Å²) >= 11 is 1.59. The Hall–Kier alpha value is -1.75. The molecule has 0 saturated carbocycles. The summed E-state index contributed by atoms with van der Waals surface area (Å²) in [6.45, 7) is 7.86. The van der Waals surface area contributed by atoms with E-state index in [-0.39, 0.29) is 0 Å². The van der Waals surface area contributed by atoms with Crippen molar-refractivity contribution in [2.45, 2.75) is 37.0 Å². The molecule has 0 spiro atoms. The average molecular weight is 304 g/mol. The number of hydrogen-bond acceptors (Lipinski definition) is 5. The molecule has 0 radical (unpaired) electrons. The monoisotopic (exact) mass is 304 g/mol. The van der Waals surface area contributed by atoms with Crippen LogP contribution in [0.15, 0.2) is 38.8 Å². The number of aldehydes is 1. The van der Waals surface area contributed by atoms with E-state index in [0.717, 1.165) is 46.3 Å². The normalized spacial score (nSPS) is 10.6. The van der Waals surface area contributed by atoms with Crippen LogP contribution >= 0.6 is 11.8 Å². The van der Waals surface area contributed by atoms with Crippen molar-refractivity contribution in [3.63, 3.8) is 0 Å². The van der Waals surface area contributed by atoms with E-state index < -0.39 is 0 Å². The van der Waals surface area contributed by atoms with Crippen molar-refractivity contribution in [2.75, 3.05) is 18.0 Å². The average Bonchev–Trinajstić information content (AvgIpc) is 2.88. The predicted molar refractivity (Wildman–Crippen MR) is 85.1 cm³/mol. The number of furan rings is 1. The van der Waals surface area contributed by atoms with Gasteiger partial charge in [-0.15, -0.1) is 0 Å². The second-order valence-electron chi connectivity index (χ2n) is 4.69. The number of aryl methyl sites for hydroxylation is 1. The maximum Gasteiger partial charge on any atom is 0.132 e. The van der Waals surface area contributed by atoms with Crippen LogP contribution in [0.25, 0.3) is 0 Å². The van der Waals surface area contributed by atoms with Crippen LogP contribution in [0, 0.1) is 6.92 Å². The number of anilines is 1. The fraction of sp³-hybridized carbons (Fsp3) is 0.375. The third-order valence-electron chi connectivity index (χ3n) is 3.23. The van der Waals surface area contributed by atoms with E-state index in [2.05, 4.69) is 23.7 Å². The summed E-state index contributed by atoms with van der Waals surface area (Å²) in [6.07, 6.45) is 4.91. The number of carbonyl (C=O) groups excluding carboxylic acids is 1. The highest BCUT2D eigenvalue weighted by atomic mass is 32.2. The van der Waals surface area contributed by atoms with Crippen molar-refractivity contribution in [1.82, 2.24) is 4.98 Å². The number of rotatable bonds is 7. The number of hydrogen-bond donors (Lipinski definition) is 0. The molecule has 0 amide bonds. The van der Waals surface area contributed by atoms with E-state index in [0.29, 0.717) is 6.42 Å². The summed E-state index contributed by atoms with van der Waals surface area (Å²) in [5, 5.41) is 0. The minimum Gasteiger partial charge on any atom is -0.468 e. The molecule has 5 heteroatoms. The largest absolute Gasteiger partial charge is 0.468 e. The van der Waals surface area contributed by atoms with Crippen LogP contribution in [0.2, 0.25) is 0 Å². The zero-order chi connectivity index (χ0) is 15.2. The van der Waals surface area contributed by atoms with Gasteiger partial charge >= 0.3 is 0 Å². The van der Waals surface area contributed by atoms with Crippen LogP contribution in [0.1, 0.15) is 25.2 Å². The topological polar surface area (TPSA) is 46.3 Å². The molecule has 112 valence electrons. The fourth-order valence-corrected chi connectivity index (χ4v) is 3.09. The first-order chi connectivity index (χ1) is 10.2. The molecular formula is C16H20N2O2S. The van der Waals surface area contributed by atoms with Crippen molar-refractivity contribution >= 4 is 23.9 Å². The first-order valence-corrected chi connectivity index (χ1v) is 7.90. The third-order valence-corrected chi connectivity index (χ3v) is 4.13. The number of carbonyl (C=O) groups is 1. The van der Waals surface area contributed by atoms with Crippen LogP contribution in [0.3, 0.4) is 0 Å². The highest BCUT2D eigenvalue weighted by Gasteiger charge is 2.12. The van der Waals surface area contributed by atoms with Crippen molar-refractivity contribution in [3.05, 3.63) is 35.9 Å². The Bertz CT molecular complexity index is 606. The smallest absolute Gasteiger partial charge is 0.132 e. The van der Waals surface area contributed by atoms with Crippen molar-refractivity contribution < 1.29 is 9.21 Å². The van der Waals surface area contributed by atoms with E-state index in [9.17, 15) is 4.79 Å². The third kappa shape index (κ3) is 3.88. The van der Waals surface area contributed by atoms with Gasteiger partial charge in [-0.3, -0.25) is 0 Å². The van der Waals surface area contributed by atoms with Gasteiger partial charge < -0.3 is 14.1 Å². The minimum atomic E-state index is 0.387. The molecule has 0 aliphatic heterocycles. The van der Waals surface area contributed by atoms with Gasteiger partial charge in [0, 0.05) is 36.2 Å². The molecule has 2 aromatic heterocycles. The van der Waals surface area contributed by atoms with Crippen LogP contribution in [0.4, 0.5) is 5.82 Å². The van der Waals surface area contributed by atoms with Gasteiger partial charge in [0.15, 0.2) is 0 Å². The van der Waals surface area contributed by atoms with E-state index in [4.69, 9.17) is 4.42 Å². The number of aromatic nitrogens is 1. The molecule has 0 fully saturated rings. The first kappa shape index (κ1) is 15.6. The zero-order valence-corrected chi connectivity index (χ0v) is 13.4. The second-order valence-corrected chi connectivity index (χ2v) is 5.84. The molecule has 0 aliphatic rings. The standard InChI is InChI=1S/C16H20N2O2S/c1-4-18(5-2)16-13(6-7-19)9-14(10-17-16)21-15-8-12(3)20-11-15/h7-11H,4-6H2,1-3H3. The summed E-state index contributed by atoms with van der Waals surface area (Å²) in [7, 11) is 0. The fourth-order valence-electron chi connectivity index (χ4n) is 2.19. The Morgan fingerprint density at radius 1 is 1.29 bits per heavy atom. The van der Waals surface area contributed by atoms with Gasteiger partial charge in [0.25, 0.3) is 0 Å². The van der Waals surface area contributed by atoms with Gasteiger partial charge in [0.05, 0.1) is 4.90 Å². The molecule has 4 nitrogen and oxygen atoms in total. The summed E-state index contributed by atoms with van der Waals surface area (Å²) in [6, 6.07) is 4.03. The lowest BCUT2D eigenvalue weighted by molar-refractivity contribution is -0.107. The van der Waals surface area contributed by atoms with Gasteiger partial charge in [-0.25, -0.2) is 4.98 Å². The lowest BCUT2D eigenvalue weighted by Crippen LogP contribution is -2.24. The summed E-state index contributed by atoms with van der Waals surface area (Å²) in [5.74, 6) is 1.79. The van der Waals surface area contributed by atoms with Crippen LogP contribution in [-0.2, 0) is 11.2 Å². The highest BCUT2D eigenvalue weighted by Crippen LogP contribution is 2.31. The Kier molecular flexibility index (Phi) is 5.44. The predicted octanol–water partition coefficient (Wildman–Crippen LogP) is 3.72. The molecule has 0 N–H and O–H groups in total. The maximum absolute atomic E-state index is 10.9. The Labute approximate surface area is 129 Å². The summed E-state index contributed by atoms with van der Waals surface area (Å²) in [5.41, 5.74) is 0.971. The summed E-state index contributed by atoms with van der Waals surface area (Å²) in [4.78, 5) is 19.7. The number of pyridine rings is 1. The van der Waals surface area contributed by atoms with Gasteiger partial charge in [-0.1, -0.05) is 11.8 Å². The molecule has 0 bridgehead atoms. The summed E-state index contributed by atoms with van der Waals surface area (Å²) < 4.78 is 5.31. The van der Waals surface area contributed by atoms with E-state index in [1.165, 1.54) is 0 Å². The van der Waals surface area contributed by atoms with Crippen LogP contribution in [-0.4, -0.2) is 24.4 Å². The molecule has 0 unspecified atom stereocenters. The molecule has 0 saturated heterocycles. The molecule has 2 rings (SSSR count). The van der Waals surface area contributed by atoms with E-state index >= 15 is 0 Å². The van der Waals surface area contributed by atoms with Gasteiger partial charge in [-0.2, -0.15) is 0 Å². The highest BCUT2D eigenvalue weighted by molar-refractivity contribution is 7.99. The van der Waals surface area contributed by atoms with Crippen LogP contribution in [0.5, 0.6) is 0 Å². The van der Waals surface area contributed by atoms with E-state index in [1.54, 1.807) is 18.0 Å². The molecule has 2 heterocycles. The lowest BCUT2D eigenvalue weighted by Gasteiger charge is -2.22. The van der Waals surface area contributed by atoms with Gasteiger partial charge in [0.1, 0.15) is 24.1 Å². The molecule has 0 atom stereocenters. The van der Waals surface area contributed by atoms with Crippen molar-refractivity contribution in [3.8, 4) is 0 Å². The number of nitrogens with zero attached hydrogens (tertiary/aromatic N) is 2. The lowest BCUT2D eigenvalue weighted by atomic mass is 10.2. The minimum absolute atomic E-state index is 0.387. The van der Waals surface area contributed by atoms with Gasteiger partial charge in [0.2, 0.25) is 0 Å². The Morgan fingerprint density at radius 2 is 2.05 bits per heavy atom. The zero-order valence-electron chi connectivity index (χ0n) is 12.6. The van der Waals surface area contributed by atoms with Crippen molar-refractivity contribution in [2.24, 2.45) is 0 Å². The second kappa shape index (κ2) is 7.31. The molecule has 21 heavy (non-hydrogen) atoms. The maximum atomic E-state index is 10.9. The van der Waals surface area contributed by atoms with Gasteiger partial charge in [-0.05, 0) is 32.9 Å². The molecule has 2 aromatic rings. The Balaban J connectivity index is 2.28.